The number of hydrogen-bond donors (Lipinski definition) is 6. The van der Waals surface area contributed by atoms with Gasteiger partial charge in [-0.3, -0.25) is 13.7 Å². The largest absolute Gasteiger partial charge is 0.357 e. The molecule has 182 valence electrons. The summed E-state index contributed by atoms with van der Waals surface area (Å²) in [5.41, 5.74) is -0.159. The molecule has 0 aliphatic rings. The molecule has 3 rings (SSSR count). The Balaban J connectivity index is 2.01. The van der Waals surface area contributed by atoms with Gasteiger partial charge in [0.25, 0.3) is 30.4 Å². The van der Waals surface area contributed by atoms with Crippen LogP contribution in [-0.4, -0.2) is 60.9 Å². The molecule has 0 fully saturated rings. The Kier molecular flexibility index (Phi) is 6.73. The smallest absolute Gasteiger partial charge is 0.296 e. The molecule has 1 heterocycles. The third kappa shape index (κ3) is 6.12. The number of aromatic nitrogens is 3. The average molecular weight is 533 g/mol. The summed E-state index contributed by atoms with van der Waals surface area (Å²) >= 11 is 0. The van der Waals surface area contributed by atoms with Gasteiger partial charge in [-0.15, -0.1) is 0 Å². The van der Waals surface area contributed by atoms with Crippen molar-refractivity contribution in [1.29, 1.82) is 0 Å². The molecule has 0 saturated heterocycles. The fourth-order valence-electron chi connectivity index (χ4n) is 2.55. The summed E-state index contributed by atoms with van der Waals surface area (Å²) in [4.78, 5) is 10.3. The second kappa shape index (κ2) is 9.08. The molecule has 0 unspecified atom stereocenters. The van der Waals surface area contributed by atoms with E-state index in [0.717, 1.165) is 30.3 Å². The minimum absolute atomic E-state index is 0.0195. The first-order valence-electron chi connectivity index (χ1n) is 8.81. The van der Waals surface area contributed by atoms with E-state index in [1.807, 2.05) is 0 Å². The Hall–Kier alpha value is -3.42. The molecule has 15 nitrogen and oxygen atoms in total. The third-order valence-electron chi connectivity index (χ3n) is 4.04. The Morgan fingerprint density at radius 3 is 1.65 bits per heavy atom. The van der Waals surface area contributed by atoms with Gasteiger partial charge in [-0.05, 0) is 42.5 Å². The molecule has 0 aliphatic heterocycles. The van der Waals surface area contributed by atoms with Crippen LogP contribution in [0.25, 0.3) is 0 Å². The fraction of sp³-hybridized carbons (Fsp3) is 0.0625. The van der Waals surface area contributed by atoms with Crippen LogP contribution in [-0.2, 0) is 30.4 Å². The molecule has 3 aromatic rings. The Morgan fingerprint density at radius 1 is 0.647 bits per heavy atom. The van der Waals surface area contributed by atoms with Crippen LogP contribution in [0.1, 0.15) is 0 Å². The third-order valence-corrected chi connectivity index (χ3v) is 6.67. The summed E-state index contributed by atoms with van der Waals surface area (Å²) in [5.74, 6) is -0.427. The summed E-state index contributed by atoms with van der Waals surface area (Å²) in [7, 11) is -12.5. The molecule has 0 bridgehead atoms. The van der Waals surface area contributed by atoms with Crippen LogP contribution in [0.3, 0.4) is 0 Å². The van der Waals surface area contributed by atoms with Gasteiger partial charge in [0, 0.05) is 12.7 Å². The van der Waals surface area contributed by atoms with E-state index in [1.165, 1.54) is 19.2 Å². The van der Waals surface area contributed by atoms with Crippen molar-refractivity contribution >= 4 is 59.6 Å². The average Bonchev–Trinajstić information content (AvgIpc) is 2.71. The molecule has 2 aromatic carbocycles. The molecule has 34 heavy (non-hydrogen) atoms. The summed E-state index contributed by atoms with van der Waals surface area (Å²) in [5, 5.41) is 7.82. The van der Waals surface area contributed by atoms with Crippen LogP contribution in [0.4, 0.5) is 29.2 Å². The van der Waals surface area contributed by atoms with Gasteiger partial charge in [0.2, 0.25) is 17.8 Å². The van der Waals surface area contributed by atoms with E-state index in [0.29, 0.717) is 5.69 Å². The number of anilines is 5. The van der Waals surface area contributed by atoms with E-state index in [-0.39, 0.29) is 22.7 Å². The van der Waals surface area contributed by atoms with Gasteiger partial charge >= 0.3 is 0 Å². The zero-order chi connectivity index (χ0) is 25.3. The Bertz CT molecular complexity index is 1560. The predicted molar refractivity (Wildman–Crippen MR) is 118 cm³/mol. The van der Waals surface area contributed by atoms with Crippen LogP contribution in [0, 0.1) is 0 Å². The quantitative estimate of drug-likeness (QED) is 0.223. The molecule has 0 atom stereocenters. The number of hydrogen-bond acceptors (Lipinski definition) is 12. The Labute approximate surface area is 193 Å². The highest BCUT2D eigenvalue weighted by atomic mass is 32.2. The van der Waals surface area contributed by atoms with Crippen molar-refractivity contribution < 1.29 is 38.9 Å². The fourth-order valence-corrected chi connectivity index (χ4v) is 4.17. The van der Waals surface area contributed by atoms with E-state index in [1.54, 1.807) is 0 Å². The maximum Gasteiger partial charge on any atom is 0.296 e. The van der Waals surface area contributed by atoms with E-state index < -0.39 is 45.8 Å². The van der Waals surface area contributed by atoms with Crippen LogP contribution in [0.15, 0.2) is 57.2 Å². The van der Waals surface area contributed by atoms with Crippen molar-refractivity contribution in [3.8, 4) is 0 Å². The van der Waals surface area contributed by atoms with Crippen molar-refractivity contribution in [2.45, 2.75) is 14.7 Å². The zero-order valence-electron chi connectivity index (χ0n) is 16.9. The first kappa shape index (κ1) is 25.2. The minimum atomic E-state index is -4.82. The number of nitrogens with one attached hydrogen (secondary N) is 3. The molecule has 0 amide bonds. The number of nitrogens with zero attached hydrogens (tertiary/aromatic N) is 3. The van der Waals surface area contributed by atoms with E-state index in [2.05, 4.69) is 30.9 Å². The van der Waals surface area contributed by atoms with Gasteiger partial charge in [0.05, 0.1) is 15.5 Å². The minimum Gasteiger partial charge on any atom is -0.357 e. The van der Waals surface area contributed by atoms with Gasteiger partial charge in [0.1, 0.15) is 4.90 Å². The lowest BCUT2D eigenvalue weighted by Crippen LogP contribution is -2.10. The van der Waals surface area contributed by atoms with E-state index >= 15 is 0 Å². The monoisotopic (exact) mass is 532 g/mol. The maximum atomic E-state index is 11.7. The molecule has 6 N–H and O–H groups in total. The second-order valence-corrected chi connectivity index (χ2v) is 10.6. The van der Waals surface area contributed by atoms with Crippen LogP contribution in [0.5, 0.6) is 0 Å². The van der Waals surface area contributed by atoms with Gasteiger partial charge in [-0.2, -0.15) is 40.2 Å². The molecule has 0 radical (unpaired) electrons. The molecular weight excluding hydrogens is 516 g/mol. The van der Waals surface area contributed by atoms with Gasteiger partial charge in [0.15, 0.2) is 0 Å². The van der Waals surface area contributed by atoms with Crippen molar-refractivity contribution in [1.82, 2.24) is 15.0 Å². The Morgan fingerprint density at radius 2 is 1.15 bits per heavy atom. The molecular formula is C16H16N6O9S3. The summed E-state index contributed by atoms with van der Waals surface area (Å²) < 4.78 is 96.4. The van der Waals surface area contributed by atoms with Crippen LogP contribution in [0.2, 0.25) is 0 Å². The van der Waals surface area contributed by atoms with Crippen molar-refractivity contribution in [3.05, 3.63) is 42.5 Å². The van der Waals surface area contributed by atoms with E-state index in [9.17, 15) is 34.4 Å². The highest BCUT2D eigenvalue weighted by Gasteiger charge is 2.21. The van der Waals surface area contributed by atoms with E-state index in [4.69, 9.17) is 4.55 Å². The van der Waals surface area contributed by atoms with Gasteiger partial charge in [-0.25, -0.2) is 0 Å². The lowest BCUT2D eigenvalue weighted by molar-refractivity contribution is 0.479. The highest BCUT2D eigenvalue weighted by Crippen LogP contribution is 2.28. The van der Waals surface area contributed by atoms with Crippen molar-refractivity contribution in [2.24, 2.45) is 0 Å². The lowest BCUT2D eigenvalue weighted by Gasteiger charge is -2.13. The van der Waals surface area contributed by atoms with Crippen LogP contribution >= 0.6 is 0 Å². The first-order valence-corrected chi connectivity index (χ1v) is 13.1. The highest BCUT2D eigenvalue weighted by molar-refractivity contribution is 7.86. The standard InChI is InChI=1S/C16H16N6O9S3/c1-17-14-20-15(18-9-2-4-10(5-3-9)32(23,24)25)22-16(21-14)19-12-8-11(33(26,27)28)6-7-13(12)34(29,30)31/h2-8H,1H3,(H,23,24,25)(H,26,27,28)(H,29,30,31)(H3,17,18,19,20,21,22). The number of rotatable bonds is 8. The predicted octanol–water partition coefficient (Wildman–Crippen LogP) is 1.14. The summed E-state index contributed by atoms with van der Waals surface area (Å²) in [6.45, 7) is 0. The number of benzene rings is 2. The van der Waals surface area contributed by atoms with Crippen molar-refractivity contribution in [3.63, 3.8) is 0 Å². The van der Waals surface area contributed by atoms with Gasteiger partial charge in [-0.1, -0.05) is 0 Å². The summed E-state index contributed by atoms with van der Waals surface area (Å²) in [6, 6.07) is 7.15. The molecule has 0 aliphatic carbocycles. The topological polar surface area (TPSA) is 238 Å². The SMILES string of the molecule is CNc1nc(Nc2ccc(S(=O)(=O)O)cc2)nc(Nc2cc(S(=O)(=O)O)ccc2S(=O)(=O)O)n1. The van der Waals surface area contributed by atoms with Crippen LogP contribution < -0.4 is 16.0 Å². The maximum absolute atomic E-state index is 11.7. The molecule has 0 spiro atoms. The zero-order valence-corrected chi connectivity index (χ0v) is 19.3. The van der Waals surface area contributed by atoms with Crippen molar-refractivity contribution in [2.75, 3.05) is 23.0 Å². The summed E-state index contributed by atoms with van der Waals surface area (Å²) in [6.07, 6.45) is 0. The second-order valence-electron chi connectivity index (χ2n) is 6.41. The molecule has 1 aromatic heterocycles. The molecule has 0 saturated carbocycles. The first-order chi connectivity index (χ1) is 15.7. The van der Waals surface area contributed by atoms with Gasteiger partial charge < -0.3 is 16.0 Å². The molecule has 18 heteroatoms. The normalized spacial score (nSPS) is 12.2. The lowest BCUT2D eigenvalue weighted by atomic mass is 10.3.